The van der Waals surface area contributed by atoms with Crippen molar-refractivity contribution < 1.29 is 9.90 Å². The highest BCUT2D eigenvalue weighted by Crippen LogP contribution is 2.31. The molecule has 0 saturated carbocycles. The first-order chi connectivity index (χ1) is 13.7. The zero-order valence-corrected chi connectivity index (χ0v) is 15.9. The second-order valence-electron chi connectivity index (χ2n) is 7.11. The third kappa shape index (κ3) is 3.68. The average Bonchev–Trinajstić information content (AvgIpc) is 3.22. The summed E-state index contributed by atoms with van der Waals surface area (Å²) >= 11 is 0. The van der Waals surface area contributed by atoms with Crippen LogP contribution >= 0.6 is 0 Å². The SMILES string of the molecule is Cc1cc(N2CCC[C@@H](n3cc(C(=O)NCCO)nn3)C2)c2ccccc2n1. The maximum atomic E-state index is 12.0. The van der Waals surface area contributed by atoms with Gasteiger partial charge in [-0.25, -0.2) is 4.68 Å². The largest absolute Gasteiger partial charge is 0.395 e. The van der Waals surface area contributed by atoms with Gasteiger partial charge in [-0.1, -0.05) is 23.4 Å². The number of hydrogen-bond acceptors (Lipinski definition) is 6. The monoisotopic (exact) mass is 380 g/mol. The third-order valence-corrected chi connectivity index (χ3v) is 5.07. The van der Waals surface area contributed by atoms with E-state index in [0.29, 0.717) is 0 Å². The number of fused-ring (bicyclic) bond motifs is 1. The molecular formula is C20H24N6O2. The summed E-state index contributed by atoms with van der Waals surface area (Å²) in [6.45, 7) is 3.90. The van der Waals surface area contributed by atoms with Crippen LogP contribution in [0.15, 0.2) is 36.5 Å². The molecule has 0 spiro atoms. The number of carbonyl (C=O) groups is 1. The van der Waals surface area contributed by atoms with Crippen molar-refractivity contribution in [3.8, 4) is 0 Å². The number of carbonyl (C=O) groups excluding carboxylic acids is 1. The van der Waals surface area contributed by atoms with Gasteiger partial charge < -0.3 is 15.3 Å². The van der Waals surface area contributed by atoms with Crippen LogP contribution in [-0.4, -0.2) is 57.2 Å². The number of aromatic nitrogens is 4. The van der Waals surface area contributed by atoms with Gasteiger partial charge in [0.1, 0.15) is 0 Å². The molecule has 0 unspecified atom stereocenters. The Labute approximate surface area is 163 Å². The summed E-state index contributed by atoms with van der Waals surface area (Å²) in [5.41, 5.74) is 3.47. The van der Waals surface area contributed by atoms with Crippen molar-refractivity contribution in [3.05, 3.63) is 47.9 Å². The van der Waals surface area contributed by atoms with Gasteiger partial charge in [-0.3, -0.25) is 9.78 Å². The van der Waals surface area contributed by atoms with Crippen LogP contribution in [0.4, 0.5) is 5.69 Å². The smallest absolute Gasteiger partial charge is 0.273 e. The molecule has 4 rings (SSSR count). The van der Waals surface area contributed by atoms with Crippen molar-refractivity contribution in [2.75, 3.05) is 31.1 Å². The first-order valence-electron chi connectivity index (χ1n) is 9.58. The molecule has 8 nitrogen and oxygen atoms in total. The van der Waals surface area contributed by atoms with E-state index >= 15 is 0 Å². The molecule has 146 valence electrons. The summed E-state index contributed by atoms with van der Waals surface area (Å²) in [6, 6.07) is 10.5. The molecule has 8 heteroatoms. The number of aliphatic hydroxyl groups excluding tert-OH is 1. The minimum Gasteiger partial charge on any atom is -0.395 e. The molecule has 0 bridgehead atoms. The van der Waals surface area contributed by atoms with E-state index in [0.717, 1.165) is 42.5 Å². The summed E-state index contributed by atoms with van der Waals surface area (Å²) in [5, 5.41) is 20.8. The highest BCUT2D eigenvalue weighted by Gasteiger charge is 2.25. The molecule has 2 aromatic heterocycles. The van der Waals surface area contributed by atoms with Crippen LogP contribution in [0.1, 0.15) is 35.1 Å². The predicted molar refractivity (Wildman–Crippen MR) is 106 cm³/mol. The molecule has 1 aliphatic rings. The van der Waals surface area contributed by atoms with E-state index in [1.54, 1.807) is 10.9 Å². The number of rotatable bonds is 5. The molecule has 1 aromatic carbocycles. The molecule has 1 amide bonds. The quantitative estimate of drug-likeness (QED) is 0.699. The number of hydrogen-bond donors (Lipinski definition) is 2. The lowest BCUT2D eigenvalue weighted by molar-refractivity contribution is 0.0939. The Kier molecular flexibility index (Phi) is 5.21. The predicted octanol–water partition coefficient (Wildman–Crippen LogP) is 1.70. The van der Waals surface area contributed by atoms with E-state index in [2.05, 4.69) is 37.6 Å². The Morgan fingerprint density at radius 2 is 2.21 bits per heavy atom. The third-order valence-electron chi connectivity index (χ3n) is 5.07. The van der Waals surface area contributed by atoms with Crippen molar-refractivity contribution in [3.63, 3.8) is 0 Å². The Balaban J connectivity index is 1.56. The average molecular weight is 380 g/mol. The molecule has 3 heterocycles. The fraction of sp³-hybridized carbons (Fsp3) is 0.400. The molecule has 1 fully saturated rings. The van der Waals surface area contributed by atoms with Crippen LogP contribution < -0.4 is 10.2 Å². The van der Waals surface area contributed by atoms with Crippen molar-refractivity contribution in [2.24, 2.45) is 0 Å². The molecule has 1 atom stereocenters. The van der Waals surface area contributed by atoms with Crippen LogP contribution in [0.3, 0.4) is 0 Å². The van der Waals surface area contributed by atoms with Gasteiger partial charge >= 0.3 is 0 Å². The van der Waals surface area contributed by atoms with E-state index in [9.17, 15) is 4.79 Å². The number of piperidine rings is 1. The van der Waals surface area contributed by atoms with Crippen LogP contribution in [0, 0.1) is 6.92 Å². The van der Waals surface area contributed by atoms with Crippen LogP contribution in [0.25, 0.3) is 10.9 Å². The maximum Gasteiger partial charge on any atom is 0.273 e. The van der Waals surface area contributed by atoms with Gasteiger partial charge in [-0.15, -0.1) is 5.10 Å². The minimum atomic E-state index is -0.316. The second kappa shape index (κ2) is 7.93. The summed E-state index contributed by atoms with van der Waals surface area (Å²) in [7, 11) is 0. The molecule has 0 aliphatic carbocycles. The zero-order chi connectivity index (χ0) is 19.5. The van der Waals surface area contributed by atoms with Crippen LogP contribution in [0.5, 0.6) is 0 Å². The van der Waals surface area contributed by atoms with E-state index in [1.165, 1.54) is 5.69 Å². The number of para-hydroxylation sites is 1. The number of nitrogens with one attached hydrogen (secondary N) is 1. The first kappa shape index (κ1) is 18.4. The van der Waals surface area contributed by atoms with Crippen molar-refractivity contribution in [1.82, 2.24) is 25.3 Å². The highest BCUT2D eigenvalue weighted by molar-refractivity contribution is 5.92. The highest BCUT2D eigenvalue weighted by atomic mass is 16.3. The van der Waals surface area contributed by atoms with Crippen LogP contribution in [-0.2, 0) is 0 Å². The van der Waals surface area contributed by atoms with Gasteiger partial charge in [0.05, 0.1) is 24.4 Å². The zero-order valence-electron chi connectivity index (χ0n) is 15.9. The lowest BCUT2D eigenvalue weighted by Crippen LogP contribution is -2.37. The number of benzene rings is 1. The molecule has 28 heavy (non-hydrogen) atoms. The number of pyridine rings is 1. The molecule has 2 N–H and O–H groups in total. The van der Waals surface area contributed by atoms with Crippen molar-refractivity contribution in [2.45, 2.75) is 25.8 Å². The van der Waals surface area contributed by atoms with Crippen molar-refractivity contribution in [1.29, 1.82) is 0 Å². The minimum absolute atomic E-state index is 0.100. The van der Waals surface area contributed by atoms with E-state index in [1.807, 2.05) is 25.1 Å². The van der Waals surface area contributed by atoms with Gasteiger partial charge in [0.2, 0.25) is 0 Å². The standard InChI is InChI=1S/C20H24N6O2/c1-14-11-19(16-6-2-3-7-17(16)22-14)25-9-4-5-15(12-25)26-13-18(23-24-26)20(28)21-8-10-27/h2-3,6-7,11,13,15,27H,4-5,8-10,12H2,1H3,(H,21,28)/t15-/m1/s1. The maximum absolute atomic E-state index is 12.0. The Bertz CT molecular complexity index is 986. The summed E-state index contributed by atoms with van der Waals surface area (Å²) < 4.78 is 1.79. The fourth-order valence-corrected chi connectivity index (χ4v) is 3.76. The Hall–Kier alpha value is -3.00. The van der Waals surface area contributed by atoms with Crippen LogP contribution in [0.2, 0.25) is 0 Å². The van der Waals surface area contributed by atoms with E-state index in [4.69, 9.17) is 5.11 Å². The first-order valence-corrected chi connectivity index (χ1v) is 9.58. The molecular weight excluding hydrogens is 356 g/mol. The van der Waals surface area contributed by atoms with Crippen molar-refractivity contribution >= 4 is 22.5 Å². The molecule has 1 saturated heterocycles. The lowest BCUT2D eigenvalue weighted by atomic mass is 10.0. The van der Waals surface area contributed by atoms with Gasteiger partial charge in [0, 0.05) is 36.4 Å². The Morgan fingerprint density at radius 3 is 3.07 bits per heavy atom. The van der Waals surface area contributed by atoms with E-state index in [-0.39, 0.29) is 30.8 Å². The molecule has 0 radical (unpaired) electrons. The number of aliphatic hydroxyl groups is 1. The van der Waals surface area contributed by atoms with Gasteiger partial charge in [0.25, 0.3) is 5.91 Å². The second-order valence-corrected chi connectivity index (χ2v) is 7.11. The Morgan fingerprint density at radius 1 is 1.36 bits per heavy atom. The number of aryl methyl sites for hydroxylation is 1. The normalized spacial score (nSPS) is 17.1. The van der Waals surface area contributed by atoms with Gasteiger partial charge in [-0.05, 0) is 31.9 Å². The summed E-state index contributed by atoms with van der Waals surface area (Å²) in [4.78, 5) is 19.0. The summed E-state index contributed by atoms with van der Waals surface area (Å²) in [6.07, 6.45) is 3.71. The number of nitrogens with zero attached hydrogens (tertiary/aromatic N) is 5. The topological polar surface area (TPSA) is 96.2 Å². The fourth-order valence-electron chi connectivity index (χ4n) is 3.76. The van der Waals surface area contributed by atoms with Gasteiger partial charge in [0.15, 0.2) is 5.69 Å². The summed E-state index contributed by atoms with van der Waals surface area (Å²) in [5.74, 6) is -0.316. The van der Waals surface area contributed by atoms with E-state index < -0.39 is 0 Å². The molecule has 3 aromatic rings. The number of anilines is 1. The molecule has 1 aliphatic heterocycles. The van der Waals surface area contributed by atoms with Gasteiger partial charge in [-0.2, -0.15) is 0 Å². The number of amides is 1. The lowest BCUT2D eigenvalue weighted by Gasteiger charge is -2.35.